The highest BCUT2D eigenvalue weighted by atomic mass is 32.1. The minimum atomic E-state index is -1.15. The molecule has 31 heavy (non-hydrogen) atoms. The summed E-state index contributed by atoms with van der Waals surface area (Å²) in [6, 6.07) is 7.03. The van der Waals surface area contributed by atoms with Crippen LogP contribution in [-0.4, -0.2) is 26.8 Å². The van der Waals surface area contributed by atoms with E-state index >= 15 is 0 Å². The van der Waals surface area contributed by atoms with Crippen LogP contribution in [0.4, 0.5) is 4.79 Å². The number of carbonyl (C=O) groups is 2. The first-order valence-electron chi connectivity index (χ1n) is 10.5. The largest absolute Gasteiger partial charge is 0.325 e. The van der Waals surface area contributed by atoms with Crippen LogP contribution in [0.3, 0.4) is 0 Å². The van der Waals surface area contributed by atoms with Crippen LogP contribution < -0.4 is 10.9 Å². The molecule has 160 valence electrons. The number of fused-ring (bicyclic) bond motifs is 3. The van der Waals surface area contributed by atoms with Gasteiger partial charge in [0, 0.05) is 4.88 Å². The number of H-pyrrole nitrogens is 1. The number of rotatable bonds is 3. The molecule has 0 unspecified atom stereocenters. The van der Waals surface area contributed by atoms with Gasteiger partial charge in [0.25, 0.3) is 11.5 Å². The number of thiophene rings is 1. The maximum atomic E-state index is 13.2. The molecule has 1 saturated heterocycles. The van der Waals surface area contributed by atoms with Gasteiger partial charge in [0.15, 0.2) is 0 Å². The number of benzene rings is 1. The number of nitrogens with one attached hydrogen (secondary N) is 2. The summed E-state index contributed by atoms with van der Waals surface area (Å²) in [6.07, 6.45) is 2.93. The minimum absolute atomic E-state index is 0.0731. The summed E-state index contributed by atoms with van der Waals surface area (Å²) in [5.74, 6) is 0.564. The van der Waals surface area contributed by atoms with Crippen molar-refractivity contribution in [1.82, 2.24) is 20.2 Å². The molecule has 1 aliphatic carbocycles. The Morgan fingerprint density at radius 2 is 1.97 bits per heavy atom. The molecular weight excluding hydrogens is 412 g/mol. The van der Waals surface area contributed by atoms with Crippen molar-refractivity contribution in [3.8, 4) is 0 Å². The van der Waals surface area contributed by atoms with Crippen LogP contribution >= 0.6 is 11.3 Å². The first kappa shape index (κ1) is 19.9. The van der Waals surface area contributed by atoms with E-state index in [1.54, 1.807) is 18.3 Å². The maximum Gasteiger partial charge on any atom is 0.325 e. The van der Waals surface area contributed by atoms with Crippen LogP contribution in [0, 0.1) is 12.8 Å². The Morgan fingerprint density at radius 1 is 1.23 bits per heavy atom. The van der Waals surface area contributed by atoms with Gasteiger partial charge in [-0.3, -0.25) is 14.5 Å². The molecule has 2 atom stereocenters. The molecule has 1 aliphatic heterocycles. The van der Waals surface area contributed by atoms with Crippen LogP contribution in [-0.2, 0) is 29.7 Å². The first-order valence-corrected chi connectivity index (χ1v) is 11.3. The van der Waals surface area contributed by atoms with Crippen LogP contribution in [0.5, 0.6) is 0 Å². The molecule has 3 aromatic rings. The van der Waals surface area contributed by atoms with Crippen molar-refractivity contribution >= 4 is 33.5 Å². The fraction of sp³-hybridized carbons (Fsp3) is 0.391. The van der Waals surface area contributed by atoms with Gasteiger partial charge in [0.2, 0.25) is 0 Å². The highest BCUT2D eigenvalue weighted by molar-refractivity contribution is 7.18. The third-order valence-electron chi connectivity index (χ3n) is 6.43. The summed E-state index contributed by atoms with van der Waals surface area (Å²) < 4.78 is 0. The van der Waals surface area contributed by atoms with Gasteiger partial charge in [-0.1, -0.05) is 36.8 Å². The van der Waals surface area contributed by atoms with Gasteiger partial charge >= 0.3 is 6.03 Å². The summed E-state index contributed by atoms with van der Waals surface area (Å²) in [6.45, 7) is 5.82. The Kier molecular flexibility index (Phi) is 4.51. The monoisotopic (exact) mass is 436 g/mol. The average molecular weight is 437 g/mol. The van der Waals surface area contributed by atoms with E-state index in [-0.39, 0.29) is 18.0 Å². The average Bonchev–Trinajstić information content (AvgIpc) is 3.18. The number of carbonyl (C=O) groups excluding carboxylic acids is 2. The normalized spacial score (nSPS) is 23.3. The van der Waals surface area contributed by atoms with E-state index in [9.17, 15) is 14.4 Å². The molecule has 2 N–H and O–H groups in total. The number of amides is 3. The lowest BCUT2D eigenvalue weighted by molar-refractivity contribution is -0.131. The molecule has 2 aromatic heterocycles. The third kappa shape index (κ3) is 3.17. The van der Waals surface area contributed by atoms with E-state index < -0.39 is 11.6 Å². The molecule has 1 aromatic carbocycles. The Hall–Kier alpha value is -3.00. The topological polar surface area (TPSA) is 95.2 Å². The number of hydrogen-bond donors (Lipinski definition) is 2. The second kappa shape index (κ2) is 7.02. The van der Waals surface area contributed by atoms with Gasteiger partial charge in [-0.05, 0) is 50.2 Å². The lowest BCUT2D eigenvalue weighted by Gasteiger charge is -2.22. The highest BCUT2D eigenvalue weighted by Gasteiger charge is 2.49. The molecule has 2 aliphatic rings. The molecule has 0 bridgehead atoms. The van der Waals surface area contributed by atoms with Gasteiger partial charge in [0.1, 0.15) is 16.2 Å². The SMILES string of the molecule is Cc1ccc([C@]2(C)NC(=O)N(Cc3nc4sc5c(c4c(=O)[nH]3)CC[C@H](C)C5)C2=O)cc1. The van der Waals surface area contributed by atoms with E-state index in [0.717, 1.165) is 40.9 Å². The molecule has 0 spiro atoms. The molecule has 8 heteroatoms. The summed E-state index contributed by atoms with van der Waals surface area (Å²) in [5.41, 5.74) is 1.56. The minimum Gasteiger partial charge on any atom is -0.319 e. The predicted molar refractivity (Wildman–Crippen MR) is 119 cm³/mol. The number of aromatic amines is 1. The van der Waals surface area contributed by atoms with Gasteiger partial charge < -0.3 is 10.3 Å². The summed E-state index contributed by atoms with van der Waals surface area (Å²) in [5, 5.41) is 3.47. The Bertz CT molecular complexity index is 1280. The van der Waals surface area contributed by atoms with Crippen molar-refractivity contribution in [3.63, 3.8) is 0 Å². The van der Waals surface area contributed by atoms with Crippen molar-refractivity contribution in [2.75, 3.05) is 0 Å². The van der Waals surface area contributed by atoms with Gasteiger partial charge in [0.05, 0.1) is 11.9 Å². The molecular formula is C23H24N4O3S. The second-order valence-electron chi connectivity index (χ2n) is 8.86. The zero-order chi connectivity index (χ0) is 21.9. The first-order chi connectivity index (χ1) is 14.8. The number of hydrogen-bond acceptors (Lipinski definition) is 5. The van der Waals surface area contributed by atoms with Crippen LogP contribution in [0.2, 0.25) is 0 Å². The lowest BCUT2D eigenvalue weighted by Crippen LogP contribution is -2.40. The Labute approximate surface area is 183 Å². The molecule has 3 heterocycles. The Balaban J connectivity index is 1.47. The van der Waals surface area contributed by atoms with Crippen molar-refractivity contribution in [2.45, 2.75) is 52.1 Å². The van der Waals surface area contributed by atoms with Gasteiger partial charge in [-0.15, -0.1) is 11.3 Å². The Morgan fingerprint density at radius 3 is 2.71 bits per heavy atom. The number of aromatic nitrogens is 2. The molecule has 3 amide bonds. The third-order valence-corrected chi connectivity index (χ3v) is 7.57. The number of aryl methyl sites for hydroxylation is 2. The van der Waals surface area contributed by atoms with E-state index in [0.29, 0.717) is 22.0 Å². The number of imide groups is 1. The fourth-order valence-electron chi connectivity index (χ4n) is 4.54. The molecule has 0 saturated carbocycles. The lowest BCUT2D eigenvalue weighted by atomic mass is 9.89. The molecule has 7 nitrogen and oxygen atoms in total. The van der Waals surface area contributed by atoms with Crippen LogP contribution in [0.25, 0.3) is 10.2 Å². The van der Waals surface area contributed by atoms with E-state index in [4.69, 9.17) is 0 Å². The number of nitrogens with zero attached hydrogens (tertiary/aromatic N) is 2. The quantitative estimate of drug-likeness (QED) is 0.616. The van der Waals surface area contributed by atoms with Crippen molar-refractivity contribution in [3.05, 3.63) is 62.0 Å². The van der Waals surface area contributed by atoms with Crippen molar-refractivity contribution < 1.29 is 9.59 Å². The highest BCUT2D eigenvalue weighted by Crippen LogP contribution is 2.36. The summed E-state index contributed by atoms with van der Waals surface area (Å²) >= 11 is 1.55. The van der Waals surface area contributed by atoms with Crippen molar-refractivity contribution in [2.24, 2.45) is 5.92 Å². The van der Waals surface area contributed by atoms with Gasteiger partial charge in [-0.25, -0.2) is 9.78 Å². The van der Waals surface area contributed by atoms with Gasteiger partial charge in [-0.2, -0.15) is 0 Å². The fourth-order valence-corrected chi connectivity index (χ4v) is 5.94. The van der Waals surface area contributed by atoms with E-state index in [1.807, 2.05) is 31.2 Å². The smallest absolute Gasteiger partial charge is 0.319 e. The van der Waals surface area contributed by atoms with Crippen LogP contribution in [0.1, 0.15) is 47.7 Å². The molecule has 1 fully saturated rings. The summed E-state index contributed by atoms with van der Waals surface area (Å²) in [4.78, 5) is 49.2. The molecule has 0 radical (unpaired) electrons. The second-order valence-corrected chi connectivity index (χ2v) is 9.94. The molecule has 5 rings (SSSR count). The maximum absolute atomic E-state index is 13.2. The standard InChI is InChI=1S/C23H24N4O3S/c1-12-4-7-14(8-5-12)23(3)21(29)27(22(30)26-23)11-17-24-19(28)18-15-9-6-13(2)10-16(15)31-20(18)25-17/h4-5,7-8,13H,6,9-11H2,1-3H3,(H,26,30)(H,24,25,28)/t13-,23-/m0/s1. The summed E-state index contributed by atoms with van der Waals surface area (Å²) in [7, 11) is 0. The van der Waals surface area contributed by atoms with E-state index in [2.05, 4.69) is 22.2 Å². The predicted octanol–water partition coefficient (Wildman–Crippen LogP) is 3.39. The zero-order valence-electron chi connectivity index (χ0n) is 17.7. The van der Waals surface area contributed by atoms with Crippen molar-refractivity contribution in [1.29, 1.82) is 0 Å². The van der Waals surface area contributed by atoms with Crippen LogP contribution in [0.15, 0.2) is 29.1 Å². The number of urea groups is 1. The van der Waals surface area contributed by atoms with E-state index in [1.165, 1.54) is 4.88 Å². The zero-order valence-corrected chi connectivity index (χ0v) is 18.6.